The average Bonchev–Trinajstić information content (AvgIpc) is 2.23. The maximum absolute atomic E-state index is 12.2. The van der Waals surface area contributed by atoms with Crippen LogP contribution in [0.1, 0.15) is 5.56 Å². The quantitative estimate of drug-likeness (QED) is 0.843. The number of rotatable bonds is 3. The number of phenols is 1. The van der Waals surface area contributed by atoms with Gasteiger partial charge in [0.2, 0.25) is 11.8 Å². The number of aromatic hydroxyl groups is 1. The van der Waals surface area contributed by atoms with E-state index in [0.29, 0.717) is 0 Å². The van der Waals surface area contributed by atoms with Crippen LogP contribution in [0.25, 0.3) is 0 Å². The number of benzene rings is 1. The van der Waals surface area contributed by atoms with Crippen LogP contribution in [0.5, 0.6) is 5.75 Å². The van der Waals surface area contributed by atoms with Gasteiger partial charge in [-0.15, -0.1) is 0 Å². The van der Waals surface area contributed by atoms with E-state index in [1.165, 1.54) is 29.6 Å². The van der Waals surface area contributed by atoms with Crippen LogP contribution >= 0.6 is 0 Å². The Morgan fingerprint density at radius 3 is 2.05 bits per heavy atom. The Bertz CT molecular complexity index is 469. The van der Waals surface area contributed by atoms with Crippen LogP contribution in [0, 0.1) is 5.92 Å². The van der Waals surface area contributed by atoms with Crippen LogP contribution in [0.15, 0.2) is 24.3 Å². The van der Waals surface area contributed by atoms with E-state index in [9.17, 15) is 36.2 Å². The van der Waals surface area contributed by atoms with Crippen LogP contribution in [-0.4, -0.2) is 23.4 Å². The molecule has 0 saturated heterocycles. The third-order valence-corrected chi connectivity index (χ3v) is 2.36. The van der Waals surface area contributed by atoms with Crippen molar-refractivity contribution in [1.82, 2.24) is 5.32 Å². The van der Waals surface area contributed by atoms with Crippen molar-refractivity contribution >= 4 is 5.91 Å². The highest BCUT2D eigenvalue weighted by molar-refractivity contribution is 5.80. The van der Waals surface area contributed by atoms with Gasteiger partial charge in [-0.2, -0.15) is 26.3 Å². The smallest absolute Gasteiger partial charge is 0.409 e. The second kappa shape index (κ2) is 5.59. The van der Waals surface area contributed by atoms with Crippen molar-refractivity contribution in [2.45, 2.75) is 18.9 Å². The summed E-state index contributed by atoms with van der Waals surface area (Å²) in [4.78, 5) is 11.1. The Morgan fingerprint density at radius 1 is 1.10 bits per heavy atom. The fourth-order valence-electron chi connectivity index (χ4n) is 1.43. The number of hydrogen-bond donors (Lipinski definition) is 2. The highest BCUT2D eigenvalue weighted by Crippen LogP contribution is 2.39. The monoisotopic (exact) mass is 301 g/mol. The van der Waals surface area contributed by atoms with Crippen LogP contribution in [0.4, 0.5) is 26.3 Å². The van der Waals surface area contributed by atoms with Gasteiger partial charge in [-0.3, -0.25) is 4.79 Å². The molecule has 0 radical (unpaired) electrons. The molecule has 0 spiro atoms. The number of hydrogen-bond acceptors (Lipinski definition) is 2. The van der Waals surface area contributed by atoms with Crippen molar-refractivity contribution in [3.63, 3.8) is 0 Å². The zero-order chi connectivity index (χ0) is 15.6. The second-order valence-electron chi connectivity index (χ2n) is 3.86. The fourth-order valence-corrected chi connectivity index (χ4v) is 1.43. The molecule has 0 heterocycles. The van der Waals surface area contributed by atoms with Gasteiger partial charge in [-0.25, -0.2) is 0 Å². The summed E-state index contributed by atoms with van der Waals surface area (Å²) in [5, 5.41) is 10.8. The first-order valence-electron chi connectivity index (χ1n) is 5.21. The standard InChI is InChI=1S/C11H9F6NO2/c12-10(13,14)8(11(15,16)17)9(20)18-5-6-3-1-2-4-7(6)19/h1-4,8,19H,5H2,(H,18,20). The molecule has 0 aliphatic carbocycles. The largest absolute Gasteiger partial charge is 0.508 e. The highest BCUT2D eigenvalue weighted by Gasteiger charge is 2.61. The van der Waals surface area contributed by atoms with Gasteiger partial charge in [0.25, 0.3) is 0 Å². The Kier molecular flexibility index (Phi) is 4.51. The Hall–Kier alpha value is -1.93. The zero-order valence-electron chi connectivity index (χ0n) is 9.72. The molecule has 9 heteroatoms. The van der Waals surface area contributed by atoms with Gasteiger partial charge in [-0.05, 0) is 6.07 Å². The van der Waals surface area contributed by atoms with E-state index in [1.54, 1.807) is 0 Å². The lowest BCUT2D eigenvalue weighted by Crippen LogP contribution is -2.47. The van der Waals surface area contributed by atoms with E-state index in [4.69, 9.17) is 0 Å². The topological polar surface area (TPSA) is 49.3 Å². The lowest BCUT2D eigenvalue weighted by molar-refractivity contribution is -0.274. The molecule has 0 aromatic heterocycles. The number of halogens is 6. The summed E-state index contributed by atoms with van der Waals surface area (Å²) in [6.07, 6.45) is -11.5. The first kappa shape index (κ1) is 16.1. The molecule has 0 unspecified atom stereocenters. The zero-order valence-corrected chi connectivity index (χ0v) is 9.72. The number of phenolic OH excluding ortho intramolecular Hbond substituents is 1. The third-order valence-electron chi connectivity index (χ3n) is 2.36. The van der Waals surface area contributed by atoms with Crippen LogP contribution < -0.4 is 5.32 Å². The number of amides is 1. The van der Waals surface area contributed by atoms with Gasteiger partial charge in [0.1, 0.15) is 5.75 Å². The first-order valence-corrected chi connectivity index (χ1v) is 5.21. The summed E-state index contributed by atoms with van der Waals surface area (Å²) in [5.74, 6) is -6.66. The van der Waals surface area contributed by atoms with Gasteiger partial charge in [0.05, 0.1) is 0 Å². The molecule has 0 aliphatic rings. The minimum absolute atomic E-state index is 0.00366. The first-order chi connectivity index (χ1) is 9.03. The van der Waals surface area contributed by atoms with Crippen molar-refractivity contribution in [1.29, 1.82) is 0 Å². The van der Waals surface area contributed by atoms with Crippen LogP contribution in [0.2, 0.25) is 0 Å². The number of carbonyl (C=O) groups excluding carboxylic acids is 1. The molecule has 0 bridgehead atoms. The number of nitrogens with one attached hydrogen (secondary N) is 1. The molecule has 0 saturated carbocycles. The lowest BCUT2D eigenvalue weighted by Gasteiger charge is -2.22. The minimum atomic E-state index is -5.74. The number of carbonyl (C=O) groups is 1. The van der Waals surface area contributed by atoms with Crippen molar-refractivity contribution in [2.75, 3.05) is 0 Å². The van der Waals surface area contributed by atoms with Crippen molar-refractivity contribution in [3.8, 4) is 5.75 Å². The normalized spacial score (nSPS) is 12.6. The summed E-state index contributed by atoms with van der Waals surface area (Å²) in [6.45, 7) is -0.645. The fraction of sp³-hybridized carbons (Fsp3) is 0.364. The van der Waals surface area contributed by atoms with E-state index in [-0.39, 0.29) is 11.3 Å². The molecule has 1 rings (SSSR count). The molecule has 3 nitrogen and oxygen atoms in total. The van der Waals surface area contributed by atoms with Gasteiger partial charge in [0, 0.05) is 12.1 Å². The summed E-state index contributed by atoms with van der Waals surface area (Å²) < 4.78 is 73.4. The maximum atomic E-state index is 12.2. The van der Waals surface area contributed by atoms with Crippen LogP contribution in [-0.2, 0) is 11.3 Å². The van der Waals surface area contributed by atoms with E-state index in [2.05, 4.69) is 0 Å². The second-order valence-corrected chi connectivity index (χ2v) is 3.86. The molecule has 20 heavy (non-hydrogen) atoms. The highest BCUT2D eigenvalue weighted by atomic mass is 19.4. The van der Waals surface area contributed by atoms with Crippen LogP contribution in [0.3, 0.4) is 0 Å². The van der Waals surface area contributed by atoms with E-state index in [0.717, 1.165) is 0 Å². The van der Waals surface area contributed by atoms with Gasteiger partial charge < -0.3 is 10.4 Å². The Balaban J connectivity index is 2.81. The Labute approximate surface area is 109 Å². The summed E-state index contributed by atoms with van der Waals surface area (Å²) in [5.41, 5.74) is 0.00366. The molecular formula is C11H9F6NO2. The molecule has 1 aromatic carbocycles. The van der Waals surface area contributed by atoms with E-state index < -0.39 is 30.7 Å². The molecule has 112 valence electrons. The SMILES string of the molecule is O=C(NCc1ccccc1O)C(C(F)(F)F)C(F)(F)F. The van der Waals surface area contributed by atoms with E-state index in [1.807, 2.05) is 0 Å². The Morgan fingerprint density at radius 2 is 1.60 bits per heavy atom. The van der Waals surface area contributed by atoms with Crippen molar-refractivity contribution < 1.29 is 36.2 Å². The molecule has 2 N–H and O–H groups in total. The van der Waals surface area contributed by atoms with Crippen molar-refractivity contribution in [2.24, 2.45) is 5.92 Å². The number of alkyl halides is 6. The lowest BCUT2D eigenvalue weighted by atomic mass is 10.1. The average molecular weight is 301 g/mol. The predicted octanol–water partition coefficient (Wildman–Crippen LogP) is 2.75. The third kappa shape index (κ3) is 4.04. The molecule has 0 aliphatic heterocycles. The molecule has 1 aromatic rings. The van der Waals surface area contributed by atoms with Gasteiger partial charge in [0.15, 0.2) is 0 Å². The maximum Gasteiger partial charge on any atom is 0.409 e. The summed E-state index contributed by atoms with van der Waals surface area (Å²) >= 11 is 0. The summed E-state index contributed by atoms with van der Waals surface area (Å²) in [6, 6.07) is 5.26. The van der Waals surface area contributed by atoms with Gasteiger partial charge >= 0.3 is 12.4 Å². The van der Waals surface area contributed by atoms with Crippen molar-refractivity contribution in [3.05, 3.63) is 29.8 Å². The minimum Gasteiger partial charge on any atom is -0.508 e. The molecule has 1 amide bonds. The molecular weight excluding hydrogens is 292 g/mol. The predicted molar refractivity (Wildman–Crippen MR) is 55.6 cm³/mol. The van der Waals surface area contributed by atoms with E-state index >= 15 is 0 Å². The van der Waals surface area contributed by atoms with Gasteiger partial charge in [-0.1, -0.05) is 18.2 Å². The summed E-state index contributed by atoms with van der Waals surface area (Å²) in [7, 11) is 0. The molecule has 0 fully saturated rings. The molecule has 0 atom stereocenters. The number of para-hydroxylation sites is 1.